The minimum atomic E-state index is -3.39. The zero-order valence-corrected chi connectivity index (χ0v) is 21.8. The van der Waals surface area contributed by atoms with Gasteiger partial charge < -0.3 is 25.3 Å². The summed E-state index contributed by atoms with van der Waals surface area (Å²) in [6.07, 6.45) is 3.06. The van der Waals surface area contributed by atoms with Crippen molar-refractivity contribution in [1.82, 2.24) is 15.1 Å². The Hall–Kier alpha value is -2.92. The molecular formula is C24H39N3O7S. The number of carbonyl (C=O) groups excluding carboxylic acids is 1. The molecule has 1 rings (SSSR count). The summed E-state index contributed by atoms with van der Waals surface area (Å²) >= 11 is 0. The maximum atomic E-state index is 12.5. The monoisotopic (exact) mass is 513 g/mol. The highest BCUT2D eigenvalue weighted by Crippen LogP contribution is 2.11. The summed E-state index contributed by atoms with van der Waals surface area (Å²) in [5, 5.41) is 18.5. The van der Waals surface area contributed by atoms with Crippen molar-refractivity contribution in [3.8, 4) is 0 Å². The Morgan fingerprint density at radius 1 is 0.943 bits per heavy atom. The molecule has 0 bridgehead atoms. The highest BCUT2D eigenvalue weighted by Gasteiger charge is 2.21. The van der Waals surface area contributed by atoms with Crippen LogP contribution in [0.4, 0.5) is 4.79 Å². The van der Waals surface area contributed by atoms with Crippen LogP contribution >= 0.6 is 0 Å². The van der Waals surface area contributed by atoms with Gasteiger partial charge in [0.15, 0.2) is 9.84 Å². The molecule has 35 heavy (non-hydrogen) atoms. The third kappa shape index (κ3) is 14.8. The quantitative estimate of drug-likeness (QED) is 0.254. The topological polar surface area (TPSA) is 144 Å². The van der Waals surface area contributed by atoms with Gasteiger partial charge in [-0.1, -0.05) is 32.0 Å². The van der Waals surface area contributed by atoms with Crippen LogP contribution in [0, 0.1) is 0 Å². The third-order valence-corrected chi connectivity index (χ3v) is 6.74. The van der Waals surface area contributed by atoms with Crippen molar-refractivity contribution in [3.63, 3.8) is 0 Å². The van der Waals surface area contributed by atoms with E-state index in [-0.39, 0.29) is 24.4 Å². The zero-order valence-electron chi connectivity index (χ0n) is 21.0. The lowest BCUT2D eigenvalue weighted by atomic mass is 10.3. The second kappa shape index (κ2) is 17.5. The van der Waals surface area contributed by atoms with Gasteiger partial charge in [-0.15, -0.1) is 0 Å². The highest BCUT2D eigenvalue weighted by molar-refractivity contribution is 7.91. The number of rotatable bonds is 14. The summed E-state index contributed by atoms with van der Waals surface area (Å²) < 4.78 is 24.9. The molecule has 0 heterocycles. The van der Waals surface area contributed by atoms with Crippen LogP contribution in [0.3, 0.4) is 0 Å². The molecular weight excluding hydrogens is 474 g/mol. The molecule has 2 amide bonds. The fourth-order valence-corrected chi connectivity index (χ4v) is 4.24. The summed E-state index contributed by atoms with van der Waals surface area (Å²) in [6, 6.07) is 8.11. The molecule has 198 valence electrons. The minimum Gasteiger partial charge on any atom is -0.478 e. The van der Waals surface area contributed by atoms with E-state index in [2.05, 4.69) is 24.1 Å². The SMILES string of the molecule is CCN(CC)CCCCNC(=O)N(CCS(=O)(=O)c1ccccc1)C(C)C.O=C(O)/C=C\C(=O)O. The number of carboxylic acid groups (broad SMARTS) is 2. The lowest BCUT2D eigenvalue weighted by Crippen LogP contribution is -2.46. The van der Waals surface area contributed by atoms with Gasteiger partial charge in [-0.25, -0.2) is 22.8 Å². The van der Waals surface area contributed by atoms with E-state index in [1.165, 1.54) is 0 Å². The average Bonchev–Trinajstić information content (AvgIpc) is 2.81. The van der Waals surface area contributed by atoms with E-state index >= 15 is 0 Å². The van der Waals surface area contributed by atoms with Gasteiger partial charge in [-0.2, -0.15) is 0 Å². The smallest absolute Gasteiger partial charge is 0.328 e. The molecule has 10 nitrogen and oxygen atoms in total. The molecule has 0 fully saturated rings. The van der Waals surface area contributed by atoms with Crippen LogP contribution in [0.5, 0.6) is 0 Å². The molecule has 1 aromatic rings. The van der Waals surface area contributed by atoms with Gasteiger partial charge in [0, 0.05) is 31.3 Å². The number of carboxylic acids is 2. The van der Waals surface area contributed by atoms with Crippen LogP contribution in [-0.4, -0.2) is 90.9 Å². The lowest BCUT2D eigenvalue weighted by Gasteiger charge is -2.27. The standard InChI is InChI=1S/C20H35N3O3S.C4H4O4/c1-5-22(6-2)15-11-10-14-21-20(24)23(18(3)4)16-17-27(25,26)19-12-8-7-9-13-19;5-3(6)1-2-4(7)8/h7-9,12-13,18H,5-6,10-11,14-17H2,1-4H3,(H,21,24);1-2H,(H,5,6)(H,7,8)/b;2-1-. The van der Waals surface area contributed by atoms with Gasteiger partial charge in [-0.05, 0) is 58.5 Å². The molecule has 1 aromatic carbocycles. The fraction of sp³-hybridized carbons (Fsp3) is 0.542. The maximum absolute atomic E-state index is 12.5. The van der Waals surface area contributed by atoms with Crippen LogP contribution in [0.15, 0.2) is 47.4 Å². The number of nitrogens with zero attached hydrogens (tertiary/aromatic N) is 2. The average molecular weight is 514 g/mol. The number of aliphatic carboxylic acids is 2. The number of carbonyl (C=O) groups is 3. The van der Waals surface area contributed by atoms with Crippen LogP contribution in [0.1, 0.15) is 40.5 Å². The van der Waals surface area contributed by atoms with Crippen molar-refractivity contribution in [2.45, 2.75) is 51.5 Å². The van der Waals surface area contributed by atoms with E-state index < -0.39 is 21.8 Å². The van der Waals surface area contributed by atoms with Gasteiger partial charge in [0.25, 0.3) is 0 Å². The van der Waals surface area contributed by atoms with Crippen molar-refractivity contribution >= 4 is 27.8 Å². The Bertz CT molecular complexity index is 883. The normalized spacial score (nSPS) is 11.3. The number of sulfone groups is 1. The van der Waals surface area contributed by atoms with E-state index in [9.17, 15) is 22.8 Å². The van der Waals surface area contributed by atoms with E-state index in [4.69, 9.17) is 10.2 Å². The molecule has 0 atom stereocenters. The second-order valence-electron chi connectivity index (χ2n) is 7.89. The van der Waals surface area contributed by atoms with Gasteiger partial charge in [0.2, 0.25) is 0 Å². The lowest BCUT2D eigenvalue weighted by molar-refractivity contribution is -0.134. The third-order valence-electron chi connectivity index (χ3n) is 5.03. The summed E-state index contributed by atoms with van der Waals surface area (Å²) in [6.45, 7) is 12.0. The number of nitrogens with one attached hydrogen (secondary N) is 1. The van der Waals surface area contributed by atoms with E-state index in [0.717, 1.165) is 32.5 Å². The van der Waals surface area contributed by atoms with Crippen molar-refractivity contribution in [1.29, 1.82) is 0 Å². The number of hydrogen-bond donors (Lipinski definition) is 3. The van der Waals surface area contributed by atoms with Crippen molar-refractivity contribution in [2.24, 2.45) is 0 Å². The number of benzene rings is 1. The Morgan fingerprint density at radius 2 is 1.49 bits per heavy atom. The van der Waals surface area contributed by atoms with E-state index in [1.807, 2.05) is 13.8 Å². The van der Waals surface area contributed by atoms with Crippen LogP contribution in [0.25, 0.3) is 0 Å². The van der Waals surface area contributed by atoms with Gasteiger partial charge in [0.1, 0.15) is 0 Å². The summed E-state index contributed by atoms with van der Waals surface area (Å²) in [5.41, 5.74) is 0. The molecule has 11 heteroatoms. The number of unbranched alkanes of at least 4 members (excludes halogenated alkanes) is 1. The van der Waals surface area contributed by atoms with E-state index in [0.29, 0.717) is 23.6 Å². The van der Waals surface area contributed by atoms with Gasteiger partial charge in [-0.3, -0.25) is 0 Å². The first-order valence-electron chi connectivity index (χ1n) is 11.6. The van der Waals surface area contributed by atoms with Crippen molar-refractivity contribution < 1.29 is 33.0 Å². The number of amides is 2. The summed E-state index contributed by atoms with van der Waals surface area (Å²) in [5.74, 6) is -2.59. The minimum absolute atomic E-state index is 0.0633. The van der Waals surface area contributed by atoms with Crippen molar-refractivity contribution in [3.05, 3.63) is 42.5 Å². The van der Waals surface area contributed by atoms with Crippen LogP contribution in [0.2, 0.25) is 0 Å². The highest BCUT2D eigenvalue weighted by atomic mass is 32.2. The predicted octanol–water partition coefficient (Wildman–Crippen LogP) is 2.71. The van der Waals surface area contributed by atoms with Crippen molar-refractivity contribution in [2.75, 3.05) is 38.5 Å². The number of urea groups is 1. The molecule has 0 spiro atoms. The van der Waals surface area contributed by atoms with Gasteiger partial charge in [0.05, 0.1) is 10.6 Å². The maximum Gasteiger partial charge on any atom is 0.328 e. The first-order chi connectivity index (χ1) is 16.4. The molecule has 3 N–H and O–H groups in total. The Morgan fingerprint density at radius 3 is 1.94 bits per heavy atom. The molecule has 0 aliphatic carbocycles. The van der Waals surface area contributed by atoms with E-state index in [1.54, 1.807) is 35.2 Å². The molecule has 0 saturated carbocycles. The first-order valence-corrected chi connectivity index (χ1v) is 13.3. The second-order valence-corrected chi connectivity index (χ2v) is 10.0. The molecule has 0 aliphatic heterocycles. The Kier molecular flexibility index (Phi) is 16.0. The van der Waals surface area contributed by atoms with Crippen LogP contribution in [-0.2, 0) is 19.4 Å². The predicted molar refractivity (Wildman–Crippen MR) is 135 cm³/mol. The molecule has 0 aliphatic rings. The van der Waals surface area contributed by atoms with Gasteiger partial charge >= 0.3 is 18.0 Å². The molecule has 0 aromatic heterocycles. The van der Waals surface area contributed by atoms with Crippen LogP contribution < -0.4 is 5.32 Å². The Labute approximate surface area is 208 Å². The zero-order chi connectivity index (χ0) is 26.9. The first kappa shape index (κ1) is 32.1. The molecule has 0 radical (unpaired) electrons. The fourth-order valence-electron chi connectivity index (χ4n) is 3.00. The molecule has 0 saturated heterocycles. The largest absolute Gasteiger partial charge is 0.478 e. The Balaban J connectivity index is 0.00000124. The summed E-state index contributed by atoms with van der Waals surface area (Å²) in [4.78, 5) is 35.8. The number of hydrogen-bond acceptors (Lipinski definition) is 6. The summed E-state index contributed by atoms with van der Waals surface area (Å²) in [7, 11) is -3.39. The molecule has 0 unspecified atom stereocenters.